The molecule has 0 aliphatic carbocycles. The lowest BCUT2D eigenvalue weighted by molar-refractivity contribution is 0.0143. The Hall–Kier alpha value is 0.270. The Morgan fingerprint density at radius 3 is 2.52 bits per heavy atom. The van der Waals surface area contributed by atoms with Gasteiger partial charge in [-0.2, -0.15) is 11.8 Å². The van der Waals surface area contributed by atoms with Gasteiger partial charge in [0.25, 0.3) is 0 Å². The molecule has 2 N–H and O–H groups in total. The van der Waals surface area contributed by atoms with E-state index < -0.39 is 0 Å². The van der Waals surface area contributed by atoms with Crippen LogP contribution in [0.25, 0.3) is 0 Å². The average Bonchev–Trinajstić information content (AvgIpc) is 2.58. The van der Waals surface area contributed by atoms with E-state index in [1.54, 1.807) is 0 Å². The van der Waals surface area contributed by atoms with E-state index >= 15 is 0 Å². The molecule has 0 aromatic rings. The van der Waals surface area contributed by atoms with Crippen molar-refractivity contribution in [2.45, 2.75) is 46.1 Å². The maximum absolute atomic E-state index is 5.50. The average molecular weight is 487 g/mol. The first kappa shape index (κ1) is 25.3. The van der Waals surface area contributed by atoms with Gasteiger partial charge in [-0.25, -0.2) is 0 Å². The number of hydrogen-bond acceptors (Lipinski definition) is 4. The van der Waals surface area contributed by atoms with E-state index in [-0.39, 0.29) is 24.0 Å². The highest BCUT2D eigenvalue weighted by Gasteiger charge is 2.21. The molecule has 1 unspecified atom stereocenters. The monoisotopic (exact) mass is 486 g/mol. The van der Waals surface area contributed by atoms with Crippen molar-refractivity contribution in [1.29, 1.82) is 0 Å². The molecule has 25 heavy (non-hydrogen) atoms. The van der Waals surface area contributed by atoms with Gasteiger partial charge in [0.2, 0.25) is 0 Å². The maximum Gasteiger partial charge on any atom is 0.191 e. The van der Waals surface area contributed by atoms with Crippen LogP contribution in [0.2, 0.25) is 0 Å². The number of morpholine rings is 1. The van der Waals surface area contributed by atoms with E-state index in [0.717, 1.165) is 51.9 Å². The normalized spacial score (nSPS) is 17.2. The summed E-state index contributed by atoms with van der Waals surface area (Å²) in [5, 5.41) is 6.85. The molecule has 5 nitrogen and oxygen atoms in total. The van der Waals surface area contributed by atoms with Crippen LogP contribution in [-0.4, -0.2) is 74.8 Å². The summed E-state index contributed by atoms with van der Waals surface area (Å²) < 4.78 is 5.50. The summed E-state index contributed by atoms with van der Waals surface area (Å²) in [6.45, 7) is 13.3. The van der Waals surface area contributed by atoms with Crippen LogP contribution in [-0.2, 0) is 4.74 Å². The zero-order valence-corrected chi connectivity index (χ0v) is 19.7. The molecule has 0 saturated carbocycles. The Labute approximate surface area is 176 Å². The second-order valence-corrected chi connectivity index (χ2v) is 7.76. The predicted molar refractivity (Wildman–Crippen MR) is 123 cm³/mol. The summed E-state index contributed by atoms with van der Waals surface area (Å²) in [6, 6.07) is 0.515. The quantitative estimate of drug-likeness (QED) is 0.204. The number of aliphatic imine (C=N–C) groups is 1. The molecule has 0 aromatic carbocycles. The zero-order chi connectivity index (χ0) is 17.6. The highest BCUT2D eigenvalue weighted by Crippen LogP contribution is 2.14. The maximum atomic E-state index is 5.50. The topological polar surface area (TPSA) is 48.9 Å². The lowest BCUT2D eigenvalue weighted by Gasteiger charge is -2.34. The molecule has 0 bridgehead atoms. The van der Waals surface area contributed by atoms with Crippen LogP contribution in [0, 0.1) is 5.92 Å². The van der Waals surface area contributed by atoms with Crippen molar-refractivity contribution in [3.05, 3.63) is 0 Å². The largest absolute Gasteiger partial charge is 0.379 e. The minimum atomic E-state index is 0. The molecule has 1 aliphatic rings. The second kappa shape index (κ2) is 16.4. The minimum absolute atomic E-state index is 0. The van der Waals surface area contributed by atoms with Crippen molar-refractivity contribution in [3.63, 3.8) is 0 Å². The third-order valence-corrected chi connectivity index (χ3v) is 4.87. The Kier molecular flexibility index (Phi) is 16.6. The van der Waals surface area contributed by atoms with Gasteiger partial charge in [-0.05, 0) is 44.1 Å². The van der Waals surface area contributed by atoms with Gasteiger partial charge in [-0.3, -0.25) is 9.89 Å². The van der Waals surface area contributed by atoms with Gasteiger partial charge < -0.3 is 15.4 Å². The number of rotatable bonds is 11. The molecule has 1 aliphatic heterocycles. The molecule has 1 fully saturated rings. The Balaban J connectivity index is 0.00000576. The fourth-order valence-electron chi connectivity index (χ4n) is 2.94. The lowest BCUT2D eigenvalue weighted by Crippen LogP contribution is -2.46. The number of guanidine groups is 1. The van der Waals surface area contributed by atoms with Crippen molar-refractivity contribution in [1.82, 2.24) is 15.5 Å². The summed E-state index contributed by atoms with van der Waals surface area (Å²) in [4.78, 5) is 7.42. The molecule has 1 rings (SSSR count). The number of hydrogen-bond donors (Lipinski definition) is 2. The number of nitrogens with one attached hydrogen (secondary N) is 2. The number of nitrogens with zero attached hydrogens (tertiary/aromatic N) is 2. The van der Waals surface area contributed by atoms with Gasteiger partial charge >= 0.3 is 0 Å². The standard InChI is InChI=1S/C18H38N4OS.HI/c1-5-19-18(20-8-6-7-13-24-4)21-15-17(14-16(2)3)22-9-11-23-12-10-22;/h16-17H,5-15H2,1-4H3,(H2,19,20,21);1H. The highest BCUT2D eigenvalue weighted by molar-refractivity contribution is 14.0. The summed E-state index contributed by atoms with van der Waals surface area (Å²) in [5.74, 6) is 2.89. The molecule has 0 aromatic heterocycles. The van der Waals surface area contributed by atoms with Crippen molar-refractivity contribution < 1.29 is 4.74 Å². The second-order valence-electron chi connectivity index (χ2n) is 6.78. The van der Waals surface area contributed by atoms with E-state index in [2.05, 4.69) is 42.6 Å². The molecule has 0 amide bonds. The van der Waals surface area contributed by atoms with Crippen LogP contribution in [0.5, 0.6) is 0 Å². The molecule has 1 saturated heterocycles. The van der Waals surface area contributed by atoms with E-state index in [1.807, 2.05) is 11.8 Å². The van der Waals surface area contributed by atoms with Crippen LogP contribution in [0.15, 0.2) is 4.99 Å². The van der Waals surface area contributed by atoms with Gasteiger partial charge in [0.05, 0.1) is 19.8 Å². The van der Waals surface area contributed by atoms with Crippen molar-refractivity contribution in [3.8, 4) is 0 Å². The summed E-state index contributed by atoms with van der Waals surface area (Å²) in [6.07, 6.45) is 5.82. The lowest BCUT2D eigenvalue weighted by atomic mass is 10.0. The Morgan fingerprint density at radius 1 is 1.20 bits per heavy atom. The molecule has 0 radical (unpaired) electrons. The Morgan fingerprint density at radius 2 is 1.92 bits per heavy atom. The number of ether oxygens (including phenoxy) is 1. The van der Waals surface area contributed by atoms with Crippen LogP contribution in [0.3, 0.4) is 0 Å². The summed E-state index contributed by atoms with van der Waals surface area (Å²) >= 11 is 1.92. The molecule has 1 heterocycles. The number of unbranched alkanes of at least 4 members (excludes halogenated alkanes) is 1. The highest BCUT2D eigenvalue weighted by atomic mass is 127. The van der Waals surface area contributed by atoms with Crippen LogP contribution < -0.4 is 10.6 Å². The minimum Gasteiger partial charge on any atom is -0.379 e. The van der Waals surface area contributed by atoms with Crippen LogP contribution in [0.4, 0.5) is 0 Å². The number of thioether (sulfide) groups is 1. The van der Waals surface area contributed by atoms with Gasteiger partial charge in [-0.1, -0.05) is 13.8 Å². The van der Waals surface area contributed by atoms with Gasteiger partial charge in [-0.15, -0.1) is 24.0 Å². The van der Waals surface area contributed by atoms with Gasteiger partial charge in [0.15, 0.2) is 5.96 Å². The van der Waals surface area contributed by atoms with Crippen molar-refractivity contribution in [2.75, 3.05) is 57.9 Å². The first-order valence-electron chi connectivity index (χ1n) is 9.50. The third kappa shape index (κ3) is 12.3. The van der Waals surface area contributed by atoms with E-state index in [9.17, 15) is 0 Å². The number of halogens is 1. The Bertz CT molecular complexity index is 339. The first-order valence-corrected chi connectivity index (χ1v) is 10.9. The van der Waals surface area contributed by atoms with E-state index in [0.29, 0.717) is 12.0 Å². The molecule has 0 spiro atoms. The van der Waals surface area contributed by atoms with E-state index in [1.165, 1.54) is 25.0 Å². The predicted octanol–water partition coefficient (Wildman–Crippen LogP) is 3.05. The first-order chi connectivity index (χ1) is 11.7. The zero-order valence-electron chi connectivity index (χ0n) is 16.6. The fraction of sp³-hybridized carbons (Fsp3) is 0.944. The van der Waals surface area contributed by atoms with Gasteiger partial charge in [0, 0.05) is 32.2 Å². The molecule has 7 heteroatoms. The molecule has 150 valence electrons. The van der Waals surface area contributed by atoms with Crippen LogP contribution in [0.1, 0.15) is 40.0 Å². The smallest absolute Gasteiger partial charge is 0.191 e. The van der Waals surface area contributed by atoms with Crippen molar-refractivity contribution >= 4 is 41.7 Å². The van der Waals surface area contributed by atoms with E-state index in [4.69, 9.17) is 9.73 Å². The van der Waals surface area contributed by atoms with Gasteiger partial charge in [0.1, 0.15) is 0 Å². The third-order valence-electron chi connectivity index (χ3n) is 4.18. The SMILES string of the molecule is CCNC(=NCC(CC(C)C)N1CCOCC1)NCCCCSC.I. The molecular weight excluding hydrogens is 447 g/mol. The molecule has 1 atom stereocenters. The summed E-state index contributed by atoms with van der Waals surface area (Å²) in [5.41, 5.74) is 0. The van der Waals surface area contributed by atoms with Crippen molar-refractivity contribution in [2.24, 2.45) is 10.9 Å². The van der Waals surface area contributed by atoms with Crippen LogP contribution >= 0.6 is 35.7 Å². The fourth-order valence-corrected chi connectivity index (χ4v) is 3.44. The molecular formula is C18H39IN4OS. The summed E-state index contributed by atoms with van der Waals surface area (Å²) in [7, 11) is 0.